The van der Waals surface area contributed by atoms with Gasteiger partial charge in [-0.15, -0.1) is 0 Å². The van der Waals surface area contributed by atoms with Crippen LogP contribution in [0.3, 0.4) is 0 Å². The summed E-state index contributed by atoms with van der Waals surface area (Å²) in [5, 5.41) is 4.68. The predicted molar refractivity (Wildman–Crippen MR) is 92.8 cm³/mol. The molecule has 2 aromatic heterocycles. The zero-order valence-electron chi connectivity index (χ0n) is 14.4. The second-order valence-electron chi connectivity index (χ2n) is 6.48. The van der Waals surface area contributed by atoms with Crippen LogP contribution in [-0.2, 0) is 6.54 Å². The van der Waals surface area contributed by atoms with Gasteiger partial charge in [0.2, 0.25) is 0 Å². The number of fused-ring (bicyclic) bond motifs is 1. The molecule has 0 unspecified atom stereocenters. The van der Waals surface area contributed by atoms with Crippen molar-refractivity contribution in [1.29, 1.82) is 0 Å². The summed E-state index contributed by atoms with van der Waals surface area (Å²) in [6, 6.07) is 7.96. The molecule has 3 aromatic rings. The minimum atomic E-state index is -2.38. The lowest BCUT2D eigenvalue weighted by Crippen LogP contribution is -2.38. The van der Waals surface area contributed by atoms with Crippen LogP contribution in [0.15, 0.2) is 35.0 Å². The van der Waals surface area contributed by atoms with Crippen molar-refractivity contribution in [2.45, 2.75) is 38.8 Å². The highest BCUT2D eigenvalue weighted by molar-refractivity contribution is 5.86. The fourth-order valence-corrected chi connectivity index (χ4v) is 3.36. The largest absolute Gasteiger partial charge is 0.490 e. The van der Waals surface area contributed by atoms with E-state index in [1.165, 1.54) is 0 Å². The van der Waals surface area contributed by atoms with Crippen molar-refractivity contribution in [2.24, 2.45) is 0 Å². The van der Waals surface area contributed by atoms with E-state index in [0.29, 0.717) is 11.8 Å². The maximum Gasteiger partial charge on any atom is 0.324 e. The summed E-state index contributed by atoms with van der Waals surface area (Å²) in [6.07, 6.45) is 1.03. The summed E-state index contributed by atoms with van der Waals surface area (Å²) in [5.74, 6) is 1.36. The molecule has 1 aliphatic heterocycles. The lowest BCUT2D eigenvalue weighted by molar-refractivity contribution is 0.128. The number of nitrogens with zero attached hydrogens (tertiary/aromatic N) is 4. The zero-order valence-corrected chi connectivity index (χ0v) is 14.4. The first-order valence-electron chi connectivity index (χ1n) is 8.68. The summed E-state index contributed by atoms with van der Waals surface area (Å²) >= 11 is 0. The highest BCUT2D eigenvalue weighted by Gasteiger charge is 2.24. The molecule has 138 valence electrons. The van der Waals surface area contributed by atoms with Crippen molar-refractivity contribution in [2.75, 3.05) is 18.0 Å². The van der Waals surface area contributed by atoms with Crippen LogP contribution in [0.2, 0.25) is 0 Å². The third-order valence-corrected chi connectivity index (χ3v) is 4.63. The Hall–Kier alpha value is -2.64. The number of hydrogen-bond donors (Lipinski definition) is 0. The molecule has 0 atom stereocenters. The molecule has 3 heterocycles. The maximum atomic E-state index is 12.7. The molecule has 0 N–H and O–H groups in total. The molecule has 1 saturated heterocycles. The third-order valence-electron chi connectivity index (χ3n) is 4.63. The summed E-state index contributed by atoms with van der Waals surface area (Å²) in [7, 11) is 0. The molecule has 1 fully saturated rings. The molecule has 0 saturated carbocycles. The SMILES string of the molecule is Cc1noc(N2CCC(Oc3cccc4c3ccn4CC(F)F)CC2)n1. The van der Waals surface area contributed by atoms with Crippen molar-refractivity contribution in [3.63, 3.8) is 0 Å². The first-order valence-corrected chi connectivity index (χ1v) is 8.68. The number of aryl methyl sites for hydroxylation is 1. The van der Waals surface area contributed by atoms with Crippen LogP contribution in [0.25, 0.3) is 10.9 Å². The predicted octanol–water partition coefficient (Wildman–Crippen LogP) is 3.65. The average molecular weight is 362 g/mol. The third kappa shape index (κ3) is 3.36. The fourth-order valence-electron chi connectivity index (χ4n) is 3.36. The number of benzene rings is 1. The van der Waals surface area contributed by atoms with Crippen LogP contribution in [-0.4, -0.2) is 40.3 Å². The summed E-state index contributed by atoms with van der Waals surface area (Å²) in [4.78, 5) is 6.31. The number of alkyl halides is 2. The molecule has 8 heteroatoms. The van der Waals surface area contributed by atoms with Gasteiger partial charge in [0.05, 0.1) is 12.1 Å². The van der Waals surface area contributed by atoms with Crippen LogP contribution < -0.4 is 9.64 Å². The Morgan fingerprint density at radius 2 is 2.08 bits per heavy atom. The number of piperidine rings is 1. The first-order chi connectivity index (χ1) is 12.6. The van der Waals surface area contributed by atoms with E-state index in [2.05, 4.69) is 15.0 Å². The summed E-state index contributed by atoms with van der Waals surface area (Å²) in [6.45, 7) is 3.03. The molecule has 0 aliphatic carbocycles. The molecule has 0 radical (unpaired) electrons. The van der Waals surface area contributed by atoms with E-state index in [9.17, 15) is 8.78 Å². The number of rotatable bonds is 5. The van der Waals surface area contributed by atoms with Gasteiger partial charge in [-0.3, -0.25) is 0 Å². The number of aromatic nitrogens is 3. The van der Waals surface area contributed by atoms with Gasteiger partial charge in [-0.05, 0) is 25.1 Å². The molecule has 0 bridgehead atoms. The molecule has 26 heavy (non-hydrogen) atoms. The van der Waals surface area contributed by atoms with Crippen LogP contribution in [0.4, 0.5) is 14.8 Å². The van der Waals surface area contributed by atoms with Crippen LogP contribution in [0, 0.1) is 6.92 Å². The normalized spacial score (nSPS) is 15.9. The molecular formula is C18H20F2N4O2. The second-order valence-corrected chi connectivity index (χ2v) is 6.48. The number of hydrogen-bond acceptors (Lipinski definition) is 5. The van der Waals surface area contributed by atoms with E-state index in [1.54, 1.807) is 17.7 Å². The van der Waals surface area contributed by atoms with Gasteiger partial charge in [-0.1, -0.05) is 11.2 Å². The fraction of sp³-hybridized carbons (Fsp3) is 0.444. The lowest BCUT2D eigenvalue weighted by Gasteiger charge is -2.30. The number of halogens is 2. The lowest BCUT2D eigenvalue weighted by atomic mass is 10.1. The smallest absolute Gasteiger partial charge is 0.324 e. The van der Waals surface area contributed by atoms with E-state index in [0.717, 1.165) is 42.6 Å². The van der Waals surface area contributed by atoms with Crippen LogP contribution in [0.1, 0.15) is 18.7 Å². The Bertz CT molecular complexity index is 884. The molecule has 4 rings (SSSR count). The van der Waals surface area contributed by atoms with E-state index >= 15 is 0 Å². The van der Waals surface area contributed by atoms with Gasteiger partial charge in [-0.2, -0.15) is 4.98 Å². The zero-order chi connectivity index (χ0) is 18.1. The topological polar surface area (TPSA) is 56.3 Å². The van der Waals surface area contributed by atoms with Crippen molar-refractivity contribution in [3.8, 4) is 5.75 Å². The van der Waals surface area contributed by atoms with Crippen LogP contribution >= 0.6 is 0 Å². The van der Waals surface area contributed by atoms with Crippen LogP contribution in [0.5, 0.6) is 5.75 Å². The molecule has 0 amide bonds. The Morgan fingerprint density at radius 3 is 2.77 bits per heavy atom. The Kier molecular flexibility index (Phi) is 4.48. The van der Waals surface area contributed by atoms with Crippen molar-refractivity contribution >= 4 is 16.9 Å². The first kappa shape index (κ1) is 16.8. The minimum absolute atomic E-state index is 0.0688. The van der Waals surface area contributed by atoms with Gasteiger partial charge >= 0.3 is 6.01 Å². The second kappa shape index (κ2) is 6.93. The number of ether oxygens (including phenoxy) is 1. The quantitative estimate of drug-likeness (QED) is 0.693. The Balaban J connectivity index is 1.44. The highest BCUT2D eigenvalue weighted by atomic mass is 19.3. The summed E-state index contributed by atoms with van der Waals surface area (Å²) < 4.78 is 38.4. The standard InChI is InChI=1S/C18H20F2N4O2/c1-12-21-18(26-22-12)23-8-5-13(6-9-23)25-16-4-2-3-15-14(16)7-10-24(15)11-17(19)20/h2-4,7,10,13,17H,5-6,8-9,11H2,1H3. The van der Waals surface area contributed by atoms with Gasteiger partial charge in [-0.25, -0.2) is 8.78 Å². The van der Waals surface area contributed by atoms with Gasteiger partial charge < -0.3 is 18.7 Å². The van der Waals surface area contributed by atoms with Gasteiger partial charge in [0.15, 0.2) is 5.82 Å². The summed E-state index contributed by atoms with van der Waals surface area (Å²) in [5.41, 5.74) is 0.765. The Labute approximate surface area is 149 Å². The van der Waals surface area contributed by atoms with Gasteiger partial charge in [0.25, 0.3) is 6.43 Å². The van der Waals surface area contributed by atoms with E-state index in [4.69, 9.17) is 9.26 Å². The maximum absolute atomic E-state index is 12.7. The van der Waals surface area contributed by atoms with Crippen molar-refractivity contribution in [3.05, 3.63) is 36.3 Å². The molecular weight excluding hydrogens is 342 g/mol. The van der Waals surface area contributed by atoms with Crippen molar-refractivity contribution in [1.82, 2.24) is 14.7 Å². The monoisotopic (exact) mass is 362 g/mol. The highest BCUT2D eigenvalue weighted by Crippen LogP contribution is 2.30. The van der Waals surface area contributed by atoms with Gasteiger partial charge in [0, 0.05) is 37.5 Å². The molecule has 0 spiro atoms. The van der Waals surface area contributed by atoms with E-state index in [1.807, 2.05) is 24.3 Å². The Morgan fingerprint density at radius 1 is 1.27 bits per heavy atom. The average Bonchev–Trinajstić information content (AvgIpc) is 3.23. The van der Waals surface area contributed by atoms with Gasteiger partial charge in [0.1, 0.15) is 11.9 Å². The molecule has 6 nitrogen and oxygen atoms in total. The number of anilines is 1. The van der Waals surface area contributed by atoms with Crippen molar-refractivity contribution < 1.29 is 18.0 Å². The minimum Gasteiger partial charge on any atom is -0.490 e. The van der Waals surface area contributed by atoms with E-state index in [-0.39, 0.29) is 12.6 Å². The van der Waals surface area contributed by atoms with E-state index < -0.39 is 6.43 Å². The molecule has 1 aliphatic rings. The molecule has 1 aromatic carbocycles.